The number of benzene rings is 1. The largest absolute Gasteiger partial charge is 0.504 e. The highest BCUT2D eigenvalue weighted by Crippen LogP contribution is 2.30. The van der Waals surface area contributed by atoms with Crippen LogP contribution in [0.1, 0.15) is 19.4 Å². The Morgan fingerprint density at radius 1 is 1.47 bits per heavy atom. The van der Waals surface area contributed by atoms with Gasteiger partial charge in [0.15, 0.2) is 11.5 Å². The van der Waals surface area contributed by atoms with Crippen molar-refractivity contribution < 1.29 is 9.84 Å². The van der Waals surface area contributed by atoms with E-state index in [1.54, 1.807) is 13.2 Å². The molecule has 0 amide bonds. The number of aromatic hydroxyl groups is 1. The molecule has 80 valence electrons. The van der Waals surface area contributed by atoms with Crippen molar-refractivity contribution in [3.05, 3.63) is 23.8 Å². The van der Waals surface area contributed by atoms with Gasteiger partial charge in [-0.2, -0.15) is 0 Å². The SMILES string of the molecule is CC#CC(C)Cc1cccc(OC)c1O. The number of methoxy groups -OCH3 is 1. The van der Waals surface area contributed by atoms with Crippen LogP contribution in [0.2, 0.25) is 0 Å². The molecule has 15 heavy (non-hydrogen) atoms. The lowest BCUT2D eigenvalue weighted by atomic mass is 10.0. The van der Waals surface area contributed by atoms with Crippen molar-refractivity contribution in [1.82, 2.24) is 0 Å². The summed E-state index contributed by atoms with van der Waals surface area (Å²) in [5.74, 6) is 6.92. The first-order chi connectivity index (χ1) is 7.19. The fourth-order valence-corrected chi connectivity index (χ4v) is 1.52. The van der Waals surface area contributed by atoms with Gasteiger partial charge < -0.3 is 9.84 Å². The van der Waals surface area contributed by atoms with E-state index >= 15 is 0 Å². The lowest BCUT2D eigenvalue weighted by Crippen LogP contribution is -1.97. The highest BCUT2D eigenvalue weighted by molar-refractivity contribution is 5.45. The third-order valence-corrected chi connectivity index (χ3v) is 2.22. The van der Waals surface area contributed by atoms with Gasteiger partial charge >= 0.3 is 0 Å². The summed E-state index contributed by atoms with van der Waals surface area (Å²) in [5.41, 5.74) is 0.879. The van der Waals surface area contributed by atoms with Gasteiger partial charge in [0.1, 0.15) is 0 Å². The molecule has 0 spiro atoms. The van der Waals surface area contributed by atoms with Gasteiger partial charge in [0.2, 0.25) is 0 Å². The van der Waals surface area contributed by atoms with Crippen molar-refractivity contribution in [2.45, 2.75) is 20.3 Å². The molecule has 0 aromatic heterocycles. The Kier molecular flexibility index (Phi) is 4.05. The molecule has 1 N–H and O–H groups in total. The second kappa shape index (κ2) is 5.31. The first-order valence-electron chi connectivity index (χ1n) is 4.96. The van der Waals surface area contributed by atoms with Gasteiger partial charge in [0.25, 0.3) is 0 Å². The van der Waals surface area contributed by atoms with Crippen molar-refractivity contribution >= 4 is 0 Å². The van der Waals surface area contributed by atoms with Crippen molar-refractivity contribution in [2.24, 2.45) is 5.92 Å². The van der Waals surface area contributed by atoms with E-state index in [0.29, 0.717) is 5.75 Å². The minimum atomic E-state index is 0.227. The molecule has 1 unspecified atom stereocenters. The average molecular weight is 204 g/mol. The number of para-hydroxylation sites is 1. The molecule has 0 radical (unpaired) electrons. The van der Waals surface area contributed by atoms with Gasteiger partial charge in [0.05, 0.1) is 7.11 Å². The minimum absolute atomic E-state index is 0.227. The number of phenols is 1. The molecule has 0 saturated heterocycles. The third-order valence-electron chi connectivity index (χ3n) is 2.22. The molecule has 1 aromatic rings. The summed E-state index contributed by atoms with van der Waals surface area (Å²) < 4.78 is 5.04. The van der Waals surface area contributed by atoms with Gasteiger partial charge in [-0.1, -0.05) is 19.1 Å². The van der Waals surface area contributed by atoms with Crippen LogP contribution in [0.4, 0.5) is 0 Å². The van der Waals surface area contributed by atoms with Gasteiger partial charge in [0, 0.05) is 5.92 Å². The Morgan fingerprint density at radius 2 is 2.20 bits per heavy atom. The van der Waals surface area contributed by atoms with Crippen LogP contribution in [0.5, 0.6) is 11.5 Å². The lowest BCUT2D eigenvalue weighted by molar-refractivity contribution is 0.370. The van der Waals surface area contributed by atoms with Crippen molar-refractivity contribution in [3.63, 3.8) is 0 Å². The van der Waals surface area contributed by atoms with Crippen molar-refractivity contribution in [2.75, 3.05) is 7.11 Å². The Morgan fingerprint density at radius 3 is 2.80 bits per heavy atom. The zero-order chi connectivity index (χ0) is 11.3. The molecule has 0 saturated carbocycles. The van der Waals surface area contributed by atoms with Gasteiger partial charge in [-0.05, 0) is 25.0 Å². The topological polar surface area (TPSA) is 29.5 Å². The summed E-state index contributed by atoms with van der Waals surface area (Å²) in [6.07, 6.45) is 0.740. The number of phenolic OH excluding ortho intramolecular Hbond substituents is 1. The van der Waals surface area contributed by atoms with Crippen LogP contribution >= 0.6 is 0 Å². The average Bonchev–Trinajstić information content (AvgIpc) is 2.21. The zero-order valence-electron chi connectivity index (χ0n) is 9.37. The minimum Gasteiger partial charge on any atom is -0.504 e. The van der Waals surface area contributed by atoms with E-state index in [1.165, 1.54) is 0 Å². The summed E-state index contributed by atoms with van der Waals surface area (Å²) >= 11 is 0. The van der Waals surface area contributed by atoms with E-state index < -0.39 is 0 Å². The number of rotatable bonds is 3. The Balaban J connectivity index is 2.88. The highest BCUT2D eigenvalue weighted by Gasteiger charge is 2.09. The van der Waals surface area contributed by atoms with Crippen molar-refractivity contribution in [1.29, 1.82) is 0 Å². The molecule has 2 heteroatoms. The van der Waals surface area contributed by atoms with Gasteiger partial charge in [-0.25, -0.2) is 0 Å². The second-order valence-corrected chi connectivity index (χ2v) is 3.47. The van der Waals surface area contributed by atoms with Gasteiger partial charge in [-0.3, -0.25) is 0 Å². The monoisotopic (exact) mass is 204 g/mol. The maximum atomic E-state index is 9.83. The fourth-order valence-electron chi connectivity index (χ4n) is 1.52. The van der Waals surface area contributed by atoms with Crippen LogP contribution in [0.15, 0.2) is 18.2 Å². The van der Waals surface area contributed by atoms with E-state index in [0.717, 1.165) is 12.0 Å². The molecule has 0 aliphatic heterocycles. The fraction of sp³-hybridized carbons (Fsp3) is 0.385. The van der Waals surface area contributed by atoms with Gasteiger partial charge in [-0.15, -0.1) is 11.8 Å². The third kappa shape index (κ3) is 2.92. The molecule has 0 aliphatic carbocycles. The molecule has 2 nitrogen and oxygen atoms in total. The van der Waals surface area contributed by atoms with Crippen molar-refractivity contribution in [3.8, 4) is 23.3 Å². The second-order valence-electron chi connectivity index (χ2n) is 3.47. The van der Waals surface area contributed by atoms with Crippen LogP contribution in [-0.2, 0) is 6.42 Å². The summed E-state index contributed by atoms with van der Waals surface area (Å²) in [4.78, 5) is 0. The summed E-state index contributed by atoms with van der Waals surface area (Å²) in [7, 11) is 1.55. The molecule has 1 aromatic carbocycles. The summed E-state index contributed by atoms with van der Waals surface area (Å²) in [6.45, 7) is 3.86. The predicted molar refractivity (Wildman–Crippen MR) is 61.0 cm³/mol. The highest BCUT2D eigenvalue weighted by atomic mass is 16.5. The first-order valence-corrected chi connectivity index (χ1v) is 4.96. The Labute approximate surface area is 90.9 Å². The van der Waals surface area contributed by atoms with Crippen LogP contribution in [0.25, 0.3) is 0 Å². The molecule has 0 heterocycles. The number of hydrogen-bond acceptors (Lipinski definition) is 2. The quantitative estimate of drug-likeness (QED) is 0.767. The summed E-state index contributed by atoms with van der Waals surface area (Å²) in [6, 6.07) is 5.51. The molecule has 0 aliphatic rings. The standard InChI is InChI=1S/C13H16O2/c1-4-6-10(2)9-11-7-5-8-12(15-3)13(11)14/h5,7-8,10,14H,9H2,1-3H3. The first kappa shape index (κ1) is 11.5. The maximum Gasteiger partial charge on any atom is 0.160 e. The molecule has 1 rings (SSSR count). The molecule has 1 atom stereocenters. The van der Waals surface area contributed by atoms with E-state index in [-0.39, 0.29) is 11.7 Å². The molecular formula is C13H16O2. The van der Waals surface area contributed by atoms with E-state index in [4.69, 9.17) is 4.74 Å². The van der Waals surface area contributed by atoms with E-state index in [2.05, 4.69) is 11.8 Å². The smallest absolute Gasteiger partial charge is 0.160 e. The van der Waals surface area contributed by atoms with Crippen LogP contribution in [0.3, 0.4) is 0 Å². The number of hydrogen-bond donors (Lipinski definition) is 1. The summed E-state index contributed by atoms with van der Waals surface area (Å²) in [5, 5.41) is 9.83. The number of ether oxygens (including phenoxy) is 1. The van der Waals surface area contributed by atoms with Crippen LogP contribution in [0, 0.1) is 17.8 Å². The van der Waals surface area contributed by atoms with Crippen LogP contribution < -0.4 is 4.74 Å². The molecule has 0 bridgehead atoms. The normalized spacial score (nSPS) is 11.4. The Hall–Kier alpha value is -1.62. The van der Waals surface area contributed by atoms with E-state index in [1.807, 2.05) is 26.0 Å². The van der Waals surface area contributed by atoms with Crippen LogP contribution in [-0.4, -0.2) is 12.2 Å². The molecular weight excluding hydrogens is 188 g/mol. The molecule has 0 fully saturated rings. The predicted octanol–water partition coefficient (Wildman–Crippen LogP) is 2.60. The maximum absolute atomic E-state index is 9.83. The Bertz CT molecular complexity index is 385. The zero-order valence-corrected chi connectivity index (χ0v) is 9.37. The lowest BCUT2D eigenvalue weighted by Gasteiger charge is -2.09. The van der Waals surface area contributed by atoms with E-state index in [9.17, 15) is 5.11 Å².